The number of nitrogens with two attached hydrogens (primary N) is 1. The van der Waals surface area contributed by atoms with Crippen LogP contribution >= 0.6 is 11.6 Å². The summed E-state index contributed by atoms with van der Waals surface area (Å²) in [5.74, 6) is 1.17. The fourth-order valence-corrected chi connectivity index (χ4v) is 1.62. The summed E-state index contributed by atoms with van der Waals surface area (Å²) in [7, 11) is 0. The Morgan fingerprint density at radius 3 is 2.81 bits per heavy atom. The molecule has 1 heterocycles. The molecule has 5 heteroatoms. The zero-order valence-electron chi connectivity index (χ0n) is 8.69. The van der Waals surface area contributed by atoms with Crippen LogP contribution in [-0.4, -0.2) is 16.7 Å². The van der Waals surface area contributed by atoms with Gasteiger partial charge >= 0.3 is 0 Å². The Balaban J connectivity index is 2.08. The zero-order chi connectivity index (χ0) is 11.4. The van der Waals surface area contributed by atoms with E-state index in [1.165, 1.54) is 0 Å². The average Bonchev–Trinajstić information content (AvgIpc) is 2.66. The summed E-state index contributed by atoms with van der Waals surface area (Å²) >= 11 is 5.88. The molecule has 0 saturated heterocycles. The predicted molar refractivity (Wildman–Crippen MR) is 61.3 cm³/mol. The van der Waals surface area contributed by atoms with Gasteiger partial charge in [0.2, 0.25) is 11.8 Å². The second-order valence-corrected chi connectivity index (χ2v) is 3.87. The fourth-order valence-electron chi connectivity index (χ4n) is 1.41. The molecule has 0 bridgehead atoms. The molecule has 4 nitrogen and oxygen atoms in total. The van der Waals surface area contributed by atoms with Crippen LogP contribution in [0.4, 0.5) is 0 Å². The van der Waals surface area contributed by atoms with E-state index in [4.69, 9.17) is 21.8 Å². The molecule has 0 aliphatic carbocycles. The molecular formula is C11H12ClN3O. The second kappa shape index (κ2) is 5.09. The van der Waals surface area contributed by atoms with Crippen molar-refractivity contribution >= 4 is 11.6 Å². The lowest BCUT2D eigenvalue weighted by molar-refractivity contribution is 0.458. The van der Waals surface area contributed by atoms with Crippen molar-refractivity contribution < 1.29 is 4.42 Å². The van der Waals surface area contributed by atoms with Gasteiger partial charge in [0.25, 0.3) is 0 Å². The van der Waals surface area contributed by atoms with Crippen molar-refractivity contribution in [1.29, 1.82) is 0 Å². The highest BCUT2D eigenvalue weighted by Crippen LogP contribution is 2.14. The number of benzene rings is 1. The predicted octanol–water partition coefficient (Wildman–Crippen LogP) is 1.81. The van der Waals surface area contributed by atoms with Gasteiger partial charge in [-0.15, -0.1) is 10.2 Å². The van der Waals surface area contributed by atoms with E-state index in [2.05, 4.69) is 10.2 Å². The van der Waals surface area contributed by atoms with Crippen molar-refractivity contribution in [2.24, 2.45) is 5.73 Å². The molecule has 2 aromatic rings. The summed E-state index contributed by atoms with van der Waals surface area (Å²) in [4.78, 5) is 0. The van der Waals surface area contributed by atoms with Gasteiger partial charge < -0.3 is 10.2 Å². The smallest absolute Gasteiger partial charge is 0.220 e. The molecule has 1 aromatic carbocycles. The minimum absolute atomic E-state index is 0.513. The Bertz CT molecular complexity index is 470. The Kier molecular flexibility index (Phi) is 3.54. The third kappa shape index (κ3) is 2.81. The first-order chi connectivity index (χ1) is 7.78. The van der Waals surface area contributed by atoms with Crippen molar-refractivity contribution in [3.63, 3.8) is 0 Å². The first-order valence-corrected chi connectivity index (χ1v) is 5.41. The van der Waals surface area contributed by atoms with Crippen molar-refractivity contribution in [3.8, 4) is 0 Å². The molecule has 0 atom stereocenters. The molecule has 0 aliphatic heterocycles. The first-order valence-electron chi connectivity index (χ1n) is 5.03. The van der Waals surface area contributed by atoms with Crippen molar-refractivity contribution in [2.45, 2.75) is 12.8 Å². The lowest BCUT2D eigenvalue weighted by Gasteiger charge is -1.97. The highest BCUT2D eigenvalue weighted by atomic mass is 35.5. The fraction of sp³-hybridized carbons (Fsp3) is 0.273. The Morgan fingerprint density at radius 1 is 1.25 bits per heavy atom. The Labute approximate surface area is 98.4 Å². The van der Waals surface area contributed by atoms with Crippen LogP contribution in [-0.2, 0) is 12.8 Å². The van der Waals surface area contributed by atoms with Crippen molar-refractivity contribution in [2.75, 3.05) is 6.54 Å². The van der Waals surface area contributed by atoms with E-state index in [9.17, 15) is 0 Å². The number of aromatic nitrogens is 2. The average molecular weight is 238 g/mol. The Morgan fingerprint density at radius 2 is 2.06 bits per heavy atom. The van der Waals surface area contributed by atoms with Gasteiger partial charge in [-0.1, -0.05) is 23.7 Å². The van der Waals surface area contributed by atoms with Gasteiger partial charge in [-0.25, -0.2) is 0 Å². The molecule has 0 radical (unpaired) electrons. The first kappa shape index (κ1) is 11.1. The van der Waals surface area contributed by atoms with Gasteiger partial charge in [0, 0.05) is 18.0 Å². The highest BCUT2D eigenvalue weighted by molar-refractivity contribution is 6.30. The Hall–Kier alpha value is -1.39. The van der Waals surface area contributed by atoms with E-state index in [1.807, 2.05) is 24.3 Å². The van der Waals surface area contributed by atoms with E-state index < -0.39 is 0 Å². The number of nitrogens with zero attached hydrogens (tertiary/aromatic N) is 2. The SMILES string of the molecule is NCCc1nnc(Cc2cccc(Cl)c2)o1. The second-order valence-electron chi connectivity index (χ2n) is 3.43. The molecule has 0 spiro atoms. The minimum Gasteiger partial charge on any atom is -0.425 e. The number of hydrogen-bond acceptors (Lipinski definition) is 4. The maximum atomic E-state index is 5.88. The number of halogens is 1. The third-order valence-electron chi connectivity index (χ3n) is 2.11. The van der Waals surface area contributed by atoms with Crippen LogP contribution in [0.1, 0.15) is 17.3 Å². The summed E-state index contributed by atoms with van der Waals surface area (Å²) in [6, 6.07) is 7.58. The van der Waals surface area contributed by atoms with Crippen LogP contribution in [0.25, 0.3) is 0 Å². The van der Waals surface area contributed by atoms with Crippen LogP contribution in [0.3, 0.4) is 0 Å². The molecule has 16 heavy (non-hydrogen) atoms. The molecule has 2 rings (SSSR count). The number of hydrogen-bond donors (Lipinski definition) is 1. The van der Waals surface area contributed by atoms with Gasteiger partial charge in [-0.05, 0) is 17.7 Å². The van der Waals surface area contributed by atoms with Gasteiger partial charge in [-0.3, -0.25) is 0 Å². The van der Waals surface area contributed by atoms with Crippen LogP contribution in [0.15, 0.2) is 28.7 Å². The van der Waals surface area contributed by atoms with E-state index in [0.29, 0.717) is 36.2 Å². The molecule has 2 N–H and O–H groups in total. The zero-order valence-corrected chi connectivity index (χ0v) is 9.44. The van der Waals surface area contributed by atoms with Gasteiger partial charge in [0.1, 0.15) is 0 Å². The molecule has 0 saturated carbocycles. The summed E-state index contributed by atoms with van der Waals surface area (Å²) in [5.41, 5.74) is 6.45. The van der Waals surface area contributed by atoms with Gasteiger partial charge in [-0.2, -0.15) is 0 Å². The molecule has 0 amide bonds. The largest absolute Gasteiger partial charge is 0.425 e. The monoisotopic (exact) mass is 237 g/mol. The van der Waals surface area contributed by atoms with E-state index in [1.54, 1.807) is 0 Å². The maximum absolute atomic E-state index is 5.88. The molecule has 0 aliphatic rings. The summed E-state index contributed by atoms with van der Waals surface area (Å²) in [6.45, 7) is 0.513. The molecule has 0 fully saturated rings. The van der Waals surface area contributed by atoms with E-state index in [-0.39, 0.29) is 0 Å². The van der Waals surface area contributed by atoms with Crippen molar-refractivity contribution in [1.82, 2.24) is 10.2 Å². The quantitative estimate of drug-likeness (QED) is 0.881. The maximum Gasteiger partial charge on any atom is 0.220 e. The van der Waals surface area contributed by atoms with E-state index >= 15 is 0 Å². The molecule has 1 aromatic heterocycles. The summed E-state index contributed by atoms with van der Waals surface area (Å²) in [6.07, 6.45) is 1.21. The number of rotatable bonds is 4. The molecule has 0 unspecified atom stereocenters. The van der Waals surface area contributed by atoms with Crippen LogP contribution < -0.4 is 5.73 Å². The topological polar surface area (TPSA) is 64.9 Å². The molecular weight excluding hydrogens is 226 g/mol. The van der Waals surface area contributed by atoms with Crippen LogP contribution in [0, 0.1) is 0 Å². The van der Waals surface area contributed by atoms with Gasteiger partial charge in [0.05, 0.1) is 6.42 Å². The standard InChI is InChI=1S/C11H12ClN3O/c12-9-3-1-2-8(6-9)7-11-15-14-10(16-11)4-5-13/h1-3,6H,4-5,7,13H2. The minimum atomic E-state index is 0.513. The van der Waals surface area contributed by atoms with Gasteiger partial charge in [0.15, 0.2) is 0 Å². The van der Waals surface area contributed by atoms with Crippen LogP contribution in [0.5, 0.6) is 0 Å². The van der Waals surface area contributed by atoms with E-state index in [0.717, 1.165) is 5.56 Å². The normalized spacial score (nSPS) is 10.6. The molecule has 84 valence electrons. The lowest BCUT2D eigenvalue weighted by atomic mass is 10.1. The highest BCUT2D eigenvalue weighted by Gasteiger charge is 2.06. The summed E-state index contributed by atoms with van der Waals surface area (Å²) < 4.78 is 5.42. The summed E-state index contributed by atoms with van der Waals surface area (Å²) in [5, 5.41) is 8.55. The van der Waals surface area contributed by atoms with Crippen molar-refractivity contribution in [3.05, 3.63) is 46.6 Å². The third-order valence-corrected chi connectivity index (χ3v) is 2.35. The van der Waals surface area contributed by atoms with Crippen LogP contribution in [0.2, 0.25) is 5.02 Å². The lowest BCUT2D eigenvalue weighted by Crippen LogP contribution is -2.02.